The van der Waals surface area contributed by atoms with Crippen molar-refractivity contribution in [3.8, 4) is 0 Å². The third-order valence-corrected chi connectivity index (χ3v) is 5.06. The van der Waals surface area contributed by atoms with Crippen LogP contribution in [0.1, 0.15) is 64.7 Å². The molecule has 2 rings (SSSR count). The molecule has 1 atom stereocenters. The SMILES string of the molecule is CCCCCCNC(=NC)N1CCC(OCC2CCCCO2)CC1.I. The van der Waals surface area contributed by atoms with Crippen LogP contribution in [-0.4, -0.2) is 63.0 Å². The molecule has 0 aromatic heterocycles. The highest BCUT2D eigenvalue weighted by atomic mass is 127. The summed E-state index contributed by atoms with van der Waals surface area (Å²) in [6.07, 6.45) is 11.7. The van der Waals surface area contributed by atoms with Gasteiger partial charge in [-0.1, -0.05) is 26.2 Å². The summed E-state index contributed by atoms with van der Waals surface area (Å²) in [4.78, 5) is 6.82. The lowest BCUT2D eigenvalue weighted by Crippen LogP contribution is -2.47. The zero-order chi connectivity index (χ0) is 17.0. The van der Waals surface area contributed by atoms with E-state index in [1.165, 1.54) is 38.5 Å². The van der Waals surface area contributed by atoms with Crippen molar-refractivity contribution >= 4 is 29.9 Å². The Kier molecular flexibility index (Phi) is 12.9. The maximum atomic E-state index is 6.10. The lowest BCUT2D eigenvalue weighted by atomic mass is 10.1. The summed E-state index contributed by atoms with van der Waals surface area (Å²) in [5, 5.41) is 3.51. The van der Waals surface area contributed by atoms with Gasteiger partial charge in [0, 0.05) is 33.3 Å². The number of piperidine rings is 1. The van der Waals surface area contributed by atoms with Crippen LogP contribution in [0.4, 0.5) is 0 Å². The number of hydrogen-bond donors (Lipinski definition) is 1. The van der Waals surface area contributed by atoms with Gasteiger partial charge in [0.15, 0.2) is 5.96 Å². The topological polar surface area (TPSA) is 46.1 Å². The number of ether oxygens (including phenoxy) is 2. The molecule has 0 amide bonds. The Morgan fingerprint density at radius 3 is 2.60 bits per heavy atom. The van der Waals surface area contributed by atoms with Crippen LogP contribution in [-0.2, 0) is 9.47 Å². The molecule has 25 heavy (non-hydrogen) atoms. The van der Waals surface area contributed by atoms with Gasteiger partial charge in [-0.05, 0) is 38.5 Å². The number of nitrogens with one attached hydrogen (secondary N) is 1. The minimum atomic E-state index is 0. The zero-order valence-corrected chi connectivity index (χ0v) is 18.5. The molecule has 1 N–H and O–H groups in total. The molecule has 1 unspecified atom stereocenters. The van der Waals surface area contributed by atoms with Crippen LogP contribution < -0.4 is 5.32 Å². The van der Waals surface area contributed by atoms with Gasteiger partial charge in [0.05, 0.1) is 18.8 Å². The summed E-state index contributed by atoms with van der Waals surface area (Å²) in [6.45, 7) is 7.03. The van der Waals surface area contributed by atoms with Crippen molar-refractivity contribution in [3.05, 3.63) is 0 Å². The van der Waals surface area contributed by atoms with Crippen LogP contribution in [0.15, 0.2) is 4.99 Å². The van der Waals surface area contributed by atoms with Crippen molar-refractivity contribution < 1.29 is 9.47 Å². The molecule has 2 aliphatic rings. The van der Waals surface area contributed by atoms with Crippen LogP contribution in [0.3, 0.4) is 0 Å². The van der Waals surface area contributed by atoms with E-state index in [0.717, 1.165) is 58.1 Å². The summed E-state index contributed by atoms with van der Waals surface area (Å²) in [7, 11) is 1.89. The number of aliphatic imine (C=N–C) groups is 1. The van der Waals surface area contributed by atoms with Gasteiger partial charge < -0.3 is 19.7 Å². The second-order valence-electron chi connectivity index (χ2n) is 7.04. The van der Waals surface area contributed by atoms with E-state index < -0.39 is 0 Å². The normalized spacial score (nSPS) is 22.6. The fourth-order valence-electron chi connectivity index (χ4n) is 3.50. The van der Waals surface area contributed by atoms with Gasteiger partial charge in [0.2, 0.25) is 0 Å². The number of hydrogen-bond acceptors (Lipinski definition) is 3. The van der Waals surface area contributed by atoms with E-state index in [1.54, 1.807) is 0 Å². The molecule has 6 heteroatoms. The van der Waals surface area contributed by atoms with E-state index >= 15 is 0 Å². The first-order valence-electron chi connectivity index (χ1n) is 10.0. The van der Waals surface area contributed by atoms with Crippen LogP contribution >= 0.6 is 24.0 Å². The summed E-state index contributed by atoms with van der Waals surface area (Å²) in [5.41, 5.74) is 0. The van der Waals surface area contributed by atoms with Crippen molar-refractivity contribution in [1.29, 1.82) is 0 Å². The van der Waals surface area contributed by atoms with Gasteiger partial charge >= 0.3 is 0 Å². The highest BCUT2D eigenvalue weighted by Gasteiger charge is 2.23. The van der Waals surface area contributed by atoms with Crippen LogP contribution in [0.5, 0.6) is 0 Å². The standard InChI is InChI=1S/C19H37N3O2.HI/c1-3-4-5-7-12-21-19(20-2)22-13-10-17(11-14-22)24-16-18-9-6-8-15-23-18;/h17-18H,3-16H2,1-2H3,(H,20,21);1H. The molecule has 0 aromatic carbocycles. The van der Waals surface area contributed by atoms with Gasteiger partial charge in [-0.15, -0.1) is 24.0 Å². The van der Waals surface area contributed by atoms with E-state index in [-0.39, 0.29) is 24.0 Å². The van der Waals surface area contributed by atoms with Crippen molar-refractivity contribution in [1.82, 2.24) is 10.2 Å². The first kappa shape index (κ1) is 23.0. The molecule has 0 aromatic rings. The zero-order valence-electron chi connectivity index (χ0n) is 16.2. The fourth-order valence-corrected chi connectivity index (χ4v) is 3.50. The fraction of sp³-hybridized carbons (Fsp3) is 0.947. The number of guanidine groups is 1. The Hall–Kier alpha value is -0.0800. The van der Waals surface area contributed by atoms with E-state index in [0.29, 0.717) is 12.2 Å². The Balaban J connectivity index is 0.00000312. The van der Waals surface area contributed by atoms with Gasteiger partial charge in [0.1, 0.15) is 0 Å². The van der Waals surface area contributed by atoms with Gasteiger partial charge in [-0.25, -0.2) is 0 Å². The molecular weight excluding hydrogens is 429 g/mol. The second-order valence-corrected chi connectivity index (χ2v) is 7.04. The van der Waals surface area contributed by atoms with E-state index in [9.17, 15) is 0 Å². The highest BCUT2D eigenvalue weighted by Crippen LogP contribution is 2.17. The number of likely N-dealkylation sites (tertiary alicyclic amines) is 1. The van der Waals surface area contributed by atoms with Gasteiger partial charge in [-0.3, -0.25) is 4.99 Å². The molecule has 2 saturated heterocycles. The van der Waals surface area contributed by atoms with Gasteiger partial charge in [0.25, 0.3) is 0 Å². The summed E-state index contributed by atoms with van der Waals surface area (Å²) >= 11 is 0. The molecule has 5 nitrogen and oxygen atoms in total. The predicted molar refractivity (Wildman–Crippen MR) is 115 cm³/mol. The highest BCUT2D eigenvalue weighted by molar-refractivity contribution is 14.0. The lowest BCUT2D eigenvalue weighted by molar-refractivity contribution is -0.0721. The van der Waals surface area contributed by atoms with Crippen LogP contribution in [0.2, 0.25) is 0 Å². The van der Waals surface area contributed by atoms with E-state index in [4.69, 9.17) is 9.47 Å². The van der Waals surface area contributed by atoms with Crippen molar-refractivity contribution in [2.75, 3.05) is 39.9 Å². The van der Waals surface area contributed by atoms with Gasteiger partial charge in [-0.2, -0.15) is 0 Å². The monoisotopic (exact) mass is 467 g/mol. The molecule has 0 spiro atoms. The molecule has 2 heterocycles. The Labute approximate surface area is 171 Å². The molecule has 0 saturated carbocycles. The summed E-state index contributed by atoms with van der Waals surface area (Å²) < 4.78 is 11.9. The molecule has 0 bridgehead atoms. The first-order valence-corrected chi connectivity index (χ1v) is 10.0. The van der Waals surface area contributed by atoms with E-state index in [2.05, 4.69) is 22.1 Å². The van der Waals surface area contributed by atoms with Crippen LogP contribution in [0, 0.1) is 0 Å². The summed E-state index contributed by atoms with van der Waals surface area (Å²) in [5.74, 6) is 1.06. The number of unbranched alkanes of at least 4 members (excludes halogenated alkanes) is 3. The van der Waals surface area contributed by atoms with Crippen molar-refractivity contribution in [2.24, 2.45) is 4.99 Å². The average molecular weight is 467 g/mol. The summed E-state index contributed by atoms with van der Waals surface area (Å²) in [6, 6.07) is 0. The number of rotatable bonds is 8. The largest absolute Gasteiger partial charge is 0.376 e. The molecular formula is C19H38IN3O2. The van der Waals surface area contributed by atoms with Crippen molar-refractivity contribution in [2.45, 2.75) is 76.9 Å². The molecule has 0 radical (unpaired) electrons. The lowest BCUT2D eigenvalue weighted by Gasteiger charge is -2.35. The maximum Gasteiger partial charge on any atom is 0.193 e. The smallest absolute Gasteiger partial charge is 0.193 e. The minimum Gasteiger partial charge on any atom is -0.376 e. The van der Waals surface area contributed by atoms with Crippen molar-refractivity contribution in [3.63, 3.8) is 0 Å². The average Bonchev–Trinajstić information content (AvgIpc) is 2.64. The third-order valence-electron chi connectivity index (χ3n) is 5.06. The number of halogens is 1. The van der Waals surface area contributed by atoms with Crippen LogP contribution in [0.25, 0.3) is 0 Å². The molecule has 0 aliphatic carbocycles. The predicted octanol–water partition coefficient (Wildman–Crippen LogP) is 3.81. The Bertz CT molecular complexity index is 355. The molecule has 148 valence electrons. The maximum absolute atomic E-state index is 6.10. The third kappa shape index (κ3) is 8.91. The minimum absolute atomic E-state index is 0. The Morgan fingerprint density at radius 1 is 1.16 bits per heavy atom. The molecule has 2 fully saturated rings. The quantitative estimate of drug-likeness (QED) is 0.255. The van der Waals surface area contributed by atoms with E-state index in [1.807, 2.05) is 7.05 Å². The number of nitrogens with zero attached hydrogens (tertiary/aromatic N) is 2. The first-order chi connectivity index (χ1) is 11.8. The molecule has 2 aliphatic heterocycles. The second kappa shape index (κ2) is 14.0. The Morgan fingerprint density at radius 2 is 1.96 bits per heavy atom.